The molecule has 3 N–H and O–H groups in total. The second-order valence-corrected chi connectivity index (χ2v) is 4.19. The van der Waals surface area contributed by atoms with E-state index in [1.807, 2.05) is 18.2 Å². The number of anilines is 1. The summed E-state index contributed by atoms with van der Waals surface area (Å²) in [5, 5.41) is 4.02. The van der Waals surface area contributed by atoms with Gasteiger partial charge in [0, 0.05) is 0 Å². The third-order valence-electron chi connectivity index (χ3n) is 2.63. The molecule has 1 aromatic carbocycles. The molecule has 2 unspecified atom stereocenters. The Morgan fingerprint density at radius 2 is 2.33 bits per heavy atom. The highest BCUT2D eigenvalue weighted by atomic mass is 35.5. The van der Waals surface area contributed by atoms with E-state index in [9.17, 15) is 0 Å². The Labute approximate surface area is 94.6 Å². The van der Waals surface area contributed by atoms with Crippen LogP contribution in [0.15, 0.2) is 18.2 Å². The number of nitrogens with two attached hydrogens (primary N) is 1. The number of halogens is 1. The zero-order chi connectivity index (χ0) is 10.8. The molecule has 1 aliphatic heterocycles. The number of nitrogens with one attached hydrogen (secondary N) is 1. The summed E-state index contributed by atoms with van der Waals surface area (Å²) in [5.41, 5.74) is 6.50. The predicted molar refractivity (Wildman–Crippen MR) is 62.6 cm³/mol. The lowest BCUT2D eigenvalue weighted by molar-refractivity contribution is 0.167. The molecule has 1 aromatic rings. The molecule has 0 bridgehead atoms. The Morgan fingerprint density at radius 3 is 3.07 bits per heavy atom. The number of ether oxygens (including phenoxy) is 1. The maximum Gasteiger partial charge on any atom is 0.161 e. The van der Waals surface area contributed by atoms with Crippen molar-refractivity contribution in [3.63, 3.8) is 0 Å². The largest absolute Gasteiger partial charge is 0.485 e. The number of fused-ring (bicyclic) bond motifs is 1. The van der Waals surface area contributed by atoms with Crippen molar-refractivity contribution in [2.45, 2.75) is 25.5 Å². The molecule has 1 heterocycles. The Hall–Kier alpha value is -0.930. The van der Waals surface area contributed by atoms with Crippen molar-refractivity contribution >= 4 is 17.3 Å². The molecular weight excluding hydrogens is 212 g/mol. The van der Waals surface area contributed by atoms with Crippen molar-refractivity contribution < 1.29 is 4.74 Å². The summed E-state index contributed by atoms with van der Waals surface area (Å²) < 4.78 is 5.84. The first-order valence-corrected chi connectivity index (χ1v) is 5.52. The van der Waals surface area contributed by atoms with Crippen LogP contribution in [-0.2, 0) is 0 Å². The van der Waals surface area contributed by atoms with E-state index in [4.69, 9.17) is 22.1 Å². The van der Waals surface area contributed by atoms with Crippen molar-refractivity contribution in [3.8, 4) is 5.75 Å². The highest BCUT2D eigenvalue weighted by Gasteiger charge is 2.26. The summed E-state index contributed by atoms with van der Waals surface area (Å²) >= 11 is 6.06. The van der Waals surface area contributed by atoms with Crippen LogP contribution in [0, 0.1) is 0 Å². The number of benzene rings is 1. The van der Waals surface area contributed by atoms with E-state index in [2.05, 4.69) is 12.2 Å². The fourth-order valence-corrected chi connectivity index (χ4v) is 2.03. The van der Waals surface area contributed by atoms with Gasteiger partial charge in [-0.3, -0.25) is 0 Å². The van der Waals surface area contributed by atoms with Gasteiger partial charge in [0.2, 0.25) is 0 Å². The fourth-order valence-electron chi connectivity index (χ4n) is 1.81. The lowest BCUT2D eigenvalue weighted by Gasteiger charge is -2.33. The maximum atomic E-state index is 6.06. The van der Waals surface area contributed by atoms with Crippen molar-refractivity contribution in [2.75, 3.05) is 11.9 Å². The predicted octanol–water partition coefficient (Wildman–Crippen LogP) is 2.25. The van der Waals surface area contributed by atoms with E-state index in [0.717, 1.165) is 17.9 Å². The zero-order valence-electron chi connectivity index (χ0n) is 8.66. The second-order valence-electron chi connectivity index (χ2n) is 3.78. The maximum absolute atomic E-state index is 6.06. The molecule has 0 fully saturated rings. The molecule has 0 spiro atoms. The van der Waals surface area contributed by atoms with Gasteiger partial charge in [-0.05, 0) is 32.0 Å². The molecule has 3 nitrogen and oxygen atoms in total. The highest BCUT2D eigenvalue weighted by Crippen LogP contribution is 2.37. The average molecular weight is 227 g/mol. The summed E-state index contributed by atoms with van der Waals surface area (Å²) in [6.07, 6.45) is 0.932. The minimum absolute atomic E-state index is 0.0994. The number of hydrogen-bond acceptors (Lipinski definition) is 3. The van der Waals surface area contributed by atoms with Crippen LogP contribution < -0.4 is 15.8 Å². The number of para-hydroxylation sites is 1. The lowest BCUT2D eigenvalue weighted by Crippen LogP contribution is -2.40. The molecule has 0 aromatic heterocycles. The van der Waals surface area contributed by atoms with Crippen molar-refractivity contribution in [1.29, 1.82) is 0 Å². The summed E-state index contributed by atoms with van der Waals surface area (Å²) in [7, 11) is 0. The Bertz CT molecular complexity index is 356. The standard InChI is InChI=1S/C11H15ClN2O/c1-7-10(5-6-13)15-11-8(12)3-2-4-9(11)14-7/h2-4,7,10,14H,5-6,13H2,1H3. The van der Waals surface area contributed by atoms with Gasteiger partial charge in [0.1, 0.15) is 6.10 Å². The van der Waals surface area contributed by atoms with E-state index in [1.165, 1.54) is 0 Å². The lowest BCUT2D eigenvalue weighted by atomic mass is 10.1. The SMILES string of the molecule is CC1Nc2cccc(Cl)c2OC1CCN. The smallest absolute Gasteiger partial charge is 0.161 e. The molecular formula is C11H15ClN2O. The van der Waals surface area contributed by atoms with Gasteiger partial charge in [-0.25, -0.2) is 0 Å². The molecule has 1 aliphatic rings. The number of hydrogen-bond donors (Lipinski definition) is 2. The van der Waals surface area contributed by atoms with Gasteiger partial charge in [-0.2, -0.15) is 0 Å². The van der Waals surface area contributed by atoms with Gasteiger partial charge in [0.25, 0.3) is 0 Å². The van der Waals surface area contributed by atoms with E-state index in [1.54, 1.807) is 0 Å². The van der Waals surface area contributed by atoms with E-state index in [-0.39, 0.29) is 12.1 Å². The average Bonchev–Trinajstić information content (AvgIpc) is 2.21. The molecule has 15 heavy (non-hydrogen) atoms. The molecule has 0 amide bonds. The zero-order valence-corrected chi connectivity index (χ0v) is 9.42. The Balaban J connectivity index is 2.26. The van der Waals surface area contributed by atoms with E-state index >= 15 is 0 Å². The van der Waals surface area contributed by atoms with Gasteiger partial charge >= 0.3 is 0 Å². The van der Waals surface area contributed by atoms with Gasteiger partial charge in [0.05, 0.1) is 16.8 Å². The second kappa shape index (κ2) is 4.29. The van der Waals surface area contributed by atoms with Crippen molar-refractivity contribution in [1.82, 2.24) is 0 Å². The summed E-state index contributed by atoms with van der Waals surface area (Å²) in [4.78, 5) is 0. The van der Waals surface area contributed by atoms with Gasteiger partial charge < -0.3 is 15.8 Å². The molecule has 0 saturated carbocycles. The van der Waals surface area contributed by atoms with Gasteiger partial charge in [-0.1, -0.05) is 17.7 Å². The highest BCUT2D eigenvalue weighted by molar-refractivity contribution is 6.32. The van der Waals surface area contributed by atoms with Crippen LogP contribution in [-0.4, -0.2) is 18.7 Å². The Kier molecular flexibility index (Phi) is 3.03. The normalized spacial score (nSPS) is 23.9. The molecule has 0 saturated heterocycles. The molecule has 82 valence electrons. The van der Waals surface area contributed by atoms with Gasteiger partial charge in [0.15, 0.2) is 5.75 Å². The molecule has 2 atom stereocenters. The van der Waals surface area contributed by atoms with E-state index in [0.29, 0.717) is 11.6 Å². The Morgan fingerprint density at radius 1 is 1.53 bits per heavy atom. The van der Waals surface area contributed by atoms with Crippen LogP contribution in [0.1, 0.15) is 13.3 Å². The quantitative estimate of drug-likeness (QED) is 0.813. The first-order valence-electron chi connectivity index (χ1n) is 5.14. The minimum Gasteiger partial charge on any atom is -0.485 e. The molecule has 2 rings (SSSR count). The van der Waals surface area contributed by atoms with Crippen LogP contribution in [0.2, 0.25) is 5.02 Å². The summed E-state index contributed by atoms with van der Waals surface area (Å²) in [6, 6.07) is 5.97. The topological polar surface area (TPSA) is 47.3 Å². The summed E-state index contributed by atoms with van der Waals surface area (Å²) in [5.74, 6) is 0.746. The monoisotopic (exact) mass is 226 g/mol. The number of rotatable bonds is 2. The first kappa shape index (κ1) is 10.6. The molecule has 4 heteroatoms. The van der Waals surface area contributed by atoms with Crippen molar-refractivity contribution in [2.24, 2.45) is 5.73 Å². The molecule has 0 radical (unpaired) electrons. The first-order chi connectivity index (χ1) is 7.22. The third kappa shape index (κ3) is 2.03. The van der Waals surface area contributed by atoms with Crippen LogP contribution in [0.3, 0.4) is 0 Å². The molecule has 0 aliphatic carbocycles. The van der Waals surface area contributed by atoms with Crippen molar-refractivity contribution in [3.05, 3.63) is 23.2 Å². The third-order valence-corrected chi connectivity index (χ3v) is 2.93. The minimum atomic E-state index is 0.0994. The van der Waals surface area contributed by atoms with Crippen LogP contribution in [0.4, 0.5) is 5.69 Å². The van der Waals surface area contributed by atoms with Crippen LogP contribution in [0.25, 0.3) is 0 Å². The van der Waals surface area contributed by atoms with E-state index < -0.39 is 0 Å². The fraction of sp³-hybridized carbons (Fsp3) is 0.455. The summed E-state index contributed by atoms with van der Waals surface area (Å²) in [6.45, 7) is 2.71. The van der Waals surface area contributed by atoms with Crippen LogP contribution >= 0.6 is 11.6 Å². The van der Waals surface area contributed by atoms with Crippen LogP contribution in [0.5, 0.6) is 5.75 Å². The van der Waals surface area contributed by atoms with Gasteiger partial charge in [-0.15, -0.1) is 0 Å².